The van der Waals surface area contributed by atoms with Gasteiger partial charge >= 0.3 is 17.6 Å². The van der Waals surface area contributed by atoms with Crippen LogP contribution in [0.25, 0.3) is 5.53 Å². The van der Waals surface area contributed by atoms with E-state index in [1.807, 2.05) is 0 Å². The van der Waals surface area contributed by atoms with Crippen molar-refractivity contribution in [2.24, 2.45) is 0 Å². The molecule has 0 bridgehead atoms. The summed E-state index contributed by atoms with van der Waals surface area (Å²) in [6.45, 7) is 1.28. The molecule has 1 aromatic rings. The number of ether oxygens (including phenoxy) is 1. The number of para-hydroxylation sites is 1. The molecule has 0 aliphatic carbocycles. The number of nitrogens with zero attached hydrogens (tertiary/aromatic N) is 3. The molecule has 7 heteroatoms. The molecule has 1 amide bonds. The van der Waals surface area contributed by atoms with Crippen LogP contribution in [0.2, 0.25) is 0 Å². The fourth-order valence-corrected chi connectivity index (χ4v) is 1.55. The lowest BCUT2D eigenvalue weighted by Crippen LogP contribution is -2.42. The first-order valence-corrected chi connectivity index (χ1v) is 6.02. The van der Waals surface area contributed by atoms with Gasteiger partial charge in [-0.25, -0.2) is 4.79 Å². The van der Waals surface area contributed by atoms with Gasteiger partial charge in [-0.2, -0.15) is 4.79 Å². The van der Waals surface area contributed by atoms with Crippen molar-refractivity contribution in [3.05, 3.63) is 35.9 Å². The molecular weight excluding hydrogens is 262 g/mol. The van der Waals surface area contributed by atoms with E-state index in [4.69, 9.17) is 10.6 Å². The molecule has 0 unspecified atom stereocenters. The van der Waals surface area contributed by atoms with E-state index in [1.54, 1.807) is 37.3 Å². The highest BCUT2D eigenvalue weighted by atomic mass is 16.5. The highest BCUT2D eigenvalue weighted by Gasteiger charge is 2.35. The molecule has 0 saturated heterocycles. The highest BCUT2D eigenvalue weighted by molar-refractivity contribution is 6.64. The van der Waals surface area contributed by atoms with Crippen molar-refractivity contribution < 1.29 is 24.2 Å². The Bertz CT molecular complexity index is 524. The molecule has 0 spiro atoms. The number of anilines is 1. The van der Waals surface area contributed by atoms with Crippen LogP contribution in [-0.2, 0) is 14.3 Å². The van der Waals surface area contributed by atoms with Gasteiger partial charge in [-0.05, 0) is 19.1 Å². The third kappa shape index (κ3) is 3.74. The molecule has 20 heavy (non-hydrogen) atoms. The summed E-state index contributed by atoms with van der Waals surface area (Å²) in [5.41, 5.74) is 8.57. The van der Waals surface area contributed by atoms with Gasteiger partial charge in [0.15, 0.2) is 0 Å². The number of esters is 1. The maximum atomic E-state index is 12.2. The van der Waals surface area contributed by atoms with Crippen LogP contribution in [0.3, 0.4) is 0 Å². The molecule has 0 aliphatic rings. The third-order valence-electron chi connectivity index (χ3n) is 2.41. The monoisotopic (exact) mass is 277 g/mol. The second kappa shape index (κ2) is 7.83. The average Bonchev–Trinajstić information content (AvgIpc) is 2.46. The molecule has 0 aromatic heterocycles. The Balaban J connectivity index is 3.06. The summed E-state index contributed by atoms with van der Waals surface area (Å²) in [6, 6.07) is 8.43. The van der Waals surface area contributed by atoms with Crippen LogP contribution in [0.5, 0.6) is 0 Å². The molecular formula is C13H15N3O4. The number of aliphatic hydroxyl groups is 1. The molecule has 0 fully saturated rings. The van der Waals surface area contributed by atoms with Gasteiger partial charge in [-0.15, -0.1) is 0 Å². The van der Waals surface area contributed by atoms with Crippen molar-refractivity contribution in [2.75, 3.05) is 24.7 Å². The van der Waals surface area contributed by atoms with E-state index in [2.05, 4.69) is 9.53 Å². The van der Waals surface area contributed by atoms with Crippen LogP contribution >= 0.6 is 0 Å². The number of rotatable bonds is 6. The number of aliphatic hydroxyl groups excluding tert-OH is 1. The van der Waals surface area contributed by atoms with Gasteiger partial charge in [0.25, 0.3) is 0 Å². The molecule has 0 aliphatic heterocycles. The molecule has 7 nitrogen and oxygen atoms in total. The largest absolute Gasteiger partial charge is 0.463 e. The van der Waals surface area contributed by atoms with E-state index in [-0.39, 0.29) is 19.8 Å². The topological polar surface area (TPSA) is 103 Å². The smallest absolute Gasteiger partial charge is 0.457 e. The van der Waals surface area contributed by atoms with E-state index < -0.39 is 17.6 Å². The van der Waals surface area contributed by atoms with E-state index in [1.165, 1.54) is 0 Å². The van der Waals surface area contributed by atoms with Gasteiger partial charge in [0, 0.05) is 12.2 Å². The van der Waals surface area contributed by atoms with Crippen molar-refractivity contribution >= 4 is 23.3 Å². The Kier molecular flexibility index (Phi) is 6.09. The van der Waals surface area contributed by atoms with Gasteiger partial charge < -0.3 is 15.4 Å². The fourth-order valence-electron chi connectivity index (χ4n) is 1.55. The first-order valence-electron chi connectivity index (χ1n) is 6.02. The van der Waals surface area contributed by atoms with Crippen LogP contribution in [0.4, 0.5) is 5.69 Å². The van der Waals surface area contributed by atoms with Crippen LogP contribution in [0.1, 0.15) is 6.92 Å². The van der Waals surface area contributed by atoms with Gasteiger partial charge in [-0.3, -0.25) is 9.69 Å². The molecule has 0 radical (unpaired) electrons. The average molecular weight is 277 g/mol. The fraction of sp³-hybridized carbons (Fsp3) is 0.308. The zero-order valence-corrected chi connectivity index (χ0v) is 11.0. The van der Waals surface area contributed by atoms with Gasteiger partial charge in [-0.1, -0.05) is 18.2 Å². The number of amides is 1. The molecule has 106 valence electrons. The second-order valence-electron chi connectivity index (χ2n) is 3.69. The lowest BCUT2D eigenvalue weighted by atomic mass is 10.2. The van der Waals surface area contributed by atoms with Crippen molar-refractivity contribution in [1.82, 2.24) is 0 Å². The van der Waals surface area contributed by atoms with Crippen LogP contribution in [-0.4, -0.2) is 47.2 Å². The second-order valence-corrected chi connectivity index (χ2v) is 3.69. The SMILES string of the molecule is CCOC(=O)C(=[N+]=[N-])C(=O)N(CCO)c1ccccc1. The van der Waals surface area contributed by atoms with Gasteiger partial charge in [0.1, 0.15) is 0 Å². The first-order chi connectivity index (χ1) is 9.65. The number of hydrogen-bond donors (Lipinski definition) is 1. The Morgan fingerprint density at radius 2 is 2.00 bits per heavy atom. The van der Waals surface area contributed by atoms with E-state index >= 15 is 0 Å². The van der Waals surface area contributed by atoms with Crippen LogP contribution in [0.15, 0.2) is 30.3 Å². The van der Waals surface area contributed by atoms with Crippen molar-refractivity contribution in [3.63, 3.8) is 0 Å². The summed E-state index contributed by atoms with van der Waals surface area (Å²) in [7, 11) is 0. The standard InChI is InChI=1S/C13H15N3O4/c1-2-20-13(19)11(15-14)12(18)16(8-9-17)10-6-4-3-5-7-10/h3-7,17H,2,8-9H2,1H3. The minimum atomic E-state index is -1.01. The first kappa shape index (κ1) is 15.6. The zero-order valence-electron chi connectivity index (χ0n) is 11.0. The number of benzene rings is 1. The predicted octanol–water partition coefficient (Wildman–Crippen LogP) is 0.246. The summed E-state index contributed by atoms with van der Waals surface area (Å²) < 4.78 is 4.64. The van der Waals surface area contributed by atoms with Crippen LogP contribution < -0.4 is 4.90 Å². The Morgan fingerprint density at radius 1 is 1.35 bits per heavy atom. The molecule has 1 aromatic carbocycles. The van der Waals surface area contributed by atoms with E-state index in [0.29, 0.717) is 5.69 Å². The quantitative estimate of drug-likeness (QED) is 0.264. The van der Waals surface area contributed by atoms with E-state index in [0.717, 1.165) is 4.90 Å². The normalized spacial score (nSPS) is 9.50. The number of hydrogen-bond acceptors (Lipinski definition) is 4. The molecule has 0 saturated carbocycles. The summed E-state index contributed by atoms with van der Waals surface area (Å²) in [5.74, 6) is -1.86. The summed E-state index contributed by atoms with van der Waals surface area (Å²) >= 11 is 0. The highest BCUT2D eigenvalue weighted by Crippen LogP contribution is 2.13. The maximum absolute atomic E-state index is 12.2. The Morgan fingerprint density at radius 3 is 2.50 bits per heavy atom. The third-order valence-corrected chi connectivity index (χ3v) is 2.41. The maximum Gasteiger partial charge on any atom is 0.463 e. The molecule has 0 heterocycles. The van der Waals surface area contributed by atoms with Gasteiger partial charge in [0.05, 0.1) is 13.2 Å². The molecule has 1 rings (SSSR count). The van der Waals surface area contributed by atoms with Crippen LogP contribution in [0, 0.1) is 0 Å². The summed E-state index contributed by atoms with van der Waals surface area (Å²) in [4.78, 5) is 27.6. The number of carbonyl (C=O) groups is 2. The van der Waals surface area contributed by atoms with E-state index in [9.17, 15) is 9.59 Å². The summed E-state index contributed by atoms with van der Waals surface area (Å²) in [5, 5.41) is 9.03. The van der Waals surface area contributed by atoms with Crippen molar-refractivity contribution in [1.29, 1.82) is 0 Å². The number of carbonyl (C=O) groups excluding carboxylic acids is 2. The van der Waals surface area contributed by atoms with Gasteiger partial charge in [0.2, 0.25) is 0 Å². The molecule has 0 atom stereocenters. The minimum Gasteiger partial charge on any atom is -0.457 e. The molecule has 1 N–H and O–H groups in total. The van der Waals surface area contributed by atoms with Crippen molar-refractivity contribution in [2.45, 2.75) is 6.92 Å². The predicted molar refractivity (Wildman–Crippen MR) is 71.1 cm³/mol. The lowest BCUT2D eigenvalue weighted by Gasteiger charge is -2.19. The Labute approximate surface area is 116 Å². The van der Waals surface area contributed by atoms with Crippen molar-refractivity contribution in [3.8, 4) is 0 Å². The lowest BCUT2D eigenvalue weighted by molar-refractivity contribution is -0.141. The zero-order chi connectivity index (χ0) is 15.0. The minimum absolute atomic E-state index is 0.0404. The Hall–Kier alpha value is -2.50. The summed E-state index contributed by atoms with van der Waals surface area (Å²) in [6.07, 6.45) is 0.